The lowest BCUT2D eigenvalue weighted by Gasteiger charge is -2.11. The molecule has 0 saturated heterocycles. The molecule has 4 rings (SSSR count). The molecule has 1 aliphatic rings. The number of methoxy groups -OCH3 is 1. The van der Waals surface area contributed by atoms with Crippen LogP contribution in [-0.2, 0) is 11.4 Å². The maximum absolute atomic E-state index is 11.3. The van der Waals surface area contributed by atoms with E-state index in [4.69, 9.17) is 14.5 Å². The van der Waals surface area contributed by atoms with Gasteiger partial charge in [0.1, 0.15) is 18.1 Å². The summed E-state index contributed by atoms with van der Waals surface area (Å²) in [6.45, 7) is 2.50. The van der Waals surface area contributed by atoms with Crippen LogP contribution in [0.5, 0.6) is 11.5 Å². The van der Waals surface area contributed by atoms with Crippen LogP contribution in [-0.4, -0.2) is 28.2 Å². The summed E-state index contributed by atoms with van der Waals surface area (Å²) in [5.41, 5.74) is 4.50. The van der Waals surface area contributed by atoms with Crippen LogP contribution < -0.4 is 9.47 Å². The number of hydrogen-bond donors (Lipinski definition) is 1. The number of carboxylic acid groups (broad SMARTS) is 1. The molecule has 6 nitrogen and oxygen atoms in total. The lowest BCUT2D eigenvalue weighted by Crippen LogP contribution is -2.02. The molecule has 0 amide bonds. The van der Waals surface area contributed by atoms with Crippen LogP contribution in [0.3, 0.4) is 0 Å². The summed E-state index contributed by atoms with van der Waals surface area (Å²) in [6, 6.07) is 13.8. The first-order valence-electron chi connectivity index (χ1n) is 9.46. The fraction of sp³-hybridized carbons (Fsp3) is 0.261. The second kappa shape index (κ2) is 7.91. The molecule has 2 heterocycles. The molecule has 0 unspecified atom stereocenters. The lowest BCUT2D eigenvalue weighted by molar-refractivity contribution is -0.138. The summed E-state index contributed by atoms with van der Waals surface area (Å²) >= 11 is 0. The maximum Gasteiger partial charge on any atom is 0.307 e. The number of aromatic nitrogens is 2. The van der Waals surface area contributed by atoms with Gasteiger partial charge in [0.2, 0.25) is 0 Å². The van der Waals surface area contributed by atoms with Crippen molar-refractivity contribution in [1.82, 2.24) is 9.97 Å². The molecule has 6 heteroatoms. The lowest BCUT2D eigenvalue weighted by atomic mass is 10.1. The predicted molar refractivity (Wildman–Crippen MR) is 108 cm³/mol. The van der Waals surface area contributed by atoms with Crippen LogP contribution in [0.4, 0.5) is 0 Å². The smallest absolute Gasteiger partial charge is 0.307 e. The van der Waals surface area contributed by atoms with Crippen LogP contribution in [0.2, 0.25) is 0 Å². The number of aliphatic carboxylic acids is 1. The predicted octanol–water partition coefficient (Wildman–Crippen LogP) is 4.23. The molecule has 148 valence electrons. The summed E-state index contributed by atoms with van der Waals surface area (Å²) in [5.74, 6) is -0.0398. The molecule has 0 radical (unpaired) electrons. The number of benzene rings is 1. The summed E-state index contributed by atoms with van der Waals surface area (Å²) in [4.78, 5) is 20.2. The first-order chi connectivity index (χ1) is 14.0. The summed E-state index contributed by atoms with van der Waals surface area (Å²) in [5, 5.41) is 9.24. The topological polar surface area (TPSA) is 81.5 Å². The van der Waals surface area contributed by atoms with E-state index in [2.05, 4.69) is 24.0 Å². The zero-order valence-electron chi connectivity index (χ0n) is 16.3. The Labute approximate surface area is 169 Å². The van der Waals surface area contributed by atoms with Crippen molar-refractivity contribution in [3.05, 3.63) is 71.7 Å². The molecule has 3 aromatic rings. The van der Waals surface area contributed by atoms with Gasteiger partial charge in [0.25, 0.3) is 0 Å². The number of pyridine rings is 2. The Balaban J connectivity index is 1.54. The van der Waals surface area contributed by atoms with E-state index in [9.17, 15) is 9.90 Å². The third-order valence-electron chi connectivity index (χ3n) is 5.10. The molecule has 1 saturated carbocycles. The highest BCUT2D eigenvalue weighted by Crippen LogP contribution is 2.50. The second-order valence-electron chi connectivity index (χ2n) is 7.25. The molecule has 1 N–H and O–H groups in total. The Kier molecular flexibility index (Phi) is 5.16. The van der Waals surface area contributed by atoms with Crippen LogP contribution in [0, 0.1) is 12.8 Å². The van der Waals surface area contributed by atoms with Gasteiger partial charge in [0, 0.05) is 17.7 Å². The summed E-state index contributed by atoms with van der Waals surface area (Å²) in [7, 11) is 1.57. The molecular weight excluding hydrogens is 368 g/mol. The molecular formula is C23H22N2O4. The van der Waals surface area contributed by atoms with Crippen molar-refractivity contribution in [1.29, 1.82) is 0 Å². The van der Waals surface area contributed by atoms with Gasteiger partial charge in [0.05, 0.1) is 30.6 Å². The van der Waals surface area contributed by atoms with Gasteiger partial charge in [-0.15, -0.1) is 0 Å². The molecule has 1 aliphatic carbocycles. The summed E-state index contributed by atoms with van der Waals surface area (Å²) < 4.78 is 11.3. The minimum atomic E-state index is -0.794. The van der Waals surface area contributed by atoms with Gasteiger partial charge in [-0.3, -0.25) is 9.78 Å². The van der Waals surface area contributed by atoms with E-state index < -0.39 is 11.9 Å². The van der Waals surface area contributed by atoms with Crippen LogP contribution >= 0.6 is 0 Å². The Bertz CT molecular complexity index is 1030. The number of rotatable bonds is 7. The zero-order valence-corrected chi connectivity index (χ0v) is 16.3. The van der Waals surface area contributed by atoms with Crippen LogP contribution in [0.15, 0.2) is 54.9 Å². The minimum absolute atomic E-state index is 0.115. The fourth-order valence-corrected chi connectivity index (χ4v) is 3.32. The first-order valence-corrected chi connectivity index (χ1v) is 9.46. The normalized spacial score (nSPS) is 17.6. The number of carbonyl (C=O) groups is 1. The molecule has 1 fully saturated rings. The molecule has 0 aliphatic heterocycles. The number of ether oxygens (including phenoxy) is 2. The Morgan fingerprint density at radius 2 is 1.97 bits per heavy atom. The van der Waals surface area contributed by atoms with E-state index in [1.807, 2.05) is 30.3 Å². The van der Waals surface area contributed by atoms with E-state index in [-0.39, 0.29) is 5.92 Å². The van der Waals surface area contributed by atoms with Crippen molar-refractivity contribution in [3.63, 3.8) is 0 Å². The average molecular weight is 390 g/mol. The van der Waals surface area contributed by atoms with E-state index in [0.29, 0.717) is 35.9 Å². The first kappa shape index (κ1) is 18.9. The molecule has 1 aromatic carbocycles. The third kappa shape index (κ3) is 4.21. The highest BCUT2D eigenvalue weighted by atomic mass is 16.5. The van der Waals surface area contributed by atoms with Gasteiger partial charge in [-0.25, -0.2) is 4.98 Å². The quantitative estimate of drug-likeness (QED) is 0.650. The molecule has 0 spiro atoms. The Morgan fingerprint density at radius 1 is 1.17 bits per heavy atom. The largest absolute Gasteiger partial charge is 0.495 e. The van der Waals surface area contributed by atoms with Crippen LogP contribution in [0.25, 0.3) is 11.3 Å². The van der Waals surface area contributed by atoms with Gasteiger partial charge in [-0.2, -0.15) is 0 Å². The number of aryl methyl sites for hydroxylation is 1. The van der Waals surface area contributed by atoms with E-state index >= 15 is 0 Å². The van der Waals surface area contributed by atoms with Crippen molar-refractivity contribution in [2.75, 3.05) is 7.11 Å². The zero-order chi connectivity index (χ0) is 20.4. The Morgan fingerprint density at radius 3 is 2.66 bits per heavy atom. The highest BCUT2D eigenvalue weighted by molar-refractivity contribution is 5.75. The SMILES string of the molecule is COc1ccc(-c2cncc(OCc3ccc(C)cc3)c2)nc1[C@H]1C[C@@H]1C(=O)O. The van der Waals surface area contributed by atoms with Crippen molar-refractivity contribution in [2.24, 2.45) is 5.92 Å². The summed E-state index contributed by atoms with van der Waals surface area (Å²) in [6.07, 6.45) is 3.97. The molecule has 2 atom stereocenters. The van der Waals surface area contributed by atoms with Crippen molar-refractivity contribution >= 4 is 5.97 Å². The number of carboxylic acids is 1. The third-order valence-corrected chi connectivity index (χ3v) is 5.10. The van der Waals surface area contributed by atoms with Gasteiger partial charge >= 0.3 is 5.97 Å². The van der Waals surface area contributed by atoms with Gasteiger partial charge in [-0.1, -0.05) is 29.8 Å². The van der Waals surface area contributed by atoms with E-state index in [0.717, 1.165) is 11.1 Å². The maximum atomic E-state index is 11.3. The second-order valence-corrected chi connectivity index (χ2v) is 7.25. The average Bonchev–Trinajstić information content (AvgIpc) is 3.54. The van der Waals surface area contributed by atoms with Crippen molar-refractivity contribution in [3.8, 4) is 22.8 Å². The minimum Gasteiger partial charge on any atom is -0.495 e. The number of nitrogens with zero attached hydrogens (tertiary/aromatic N) is 2. The monoisotopic (exact) mass is 390 g/mol. The molecule has 0 bridgehead atoms. The highest BCUT2D eigenvalue weighted by Gasteiger charge is 2.46. The van der Waals surface area contributed by atoms with Gasteiger partial charge < -0.3 is 14.6 Å². The fourth-order valence-electron chi connectivity index (χ4n) is 3.32. The standard InChI is InChI=1S/C23H22N2O4/c1-14-3-5-15(6-4-14)13-29-17-9-16(11-24-12-17)20-7-8-21(28-2)22(25-20)18-10-19(18)23(26)27/h3-9,11-12,18-19H,10,13H2,1-2H3,(H,26,27)/t18-,19-/m0/s1. The van der Waals surface area contributed by atoms with Crippen molar-refractivity contribution < 1.29 is 19.4 Å². The number of hydrogen-bond acceptors (Lipinski definition) is 5. The van der Waals surface area contributed by atoms with Crippen molar-refractivity contribution in [2.45, 2.75) is 25.9 Å². The van der Waals surface area contributed by atoms with Gasteiger partial charge in [0.15, 0.2) is 0 Å². The van der Waals surface area contributed by atoms with E-state index in [1.54, 1.807) is 19.5 Å². The molecule has 29 heavy (non-hydrogen) atoms. The van der Waals surface area contributed by atoms with Crippen LogP contribution in [0.1, 0.15) is 29.2 Å². The Hall–Kier alpha value is -3.41. The van der Waals surface area contributed by atoms with E-state index in [1.165, 1.54) is 5.56 Å². The van der Waals surface area contributed by atoms with Gasteiger partial charge in [-0.05, 0) is 37.1 Å². The molecule has 2 aromatic heterocycles.